The smallest absolute Gasteiger partial charge is 0.292 e. The van der Waals surface area contributed by atoms with E-state index in [0.717, 1.165) is 19.4 Å². The predicted octanol–water partition coefficient (Wildman–Crippen LogP) is 0.990. The van der Waals surface area contributed by atoms with E-state index in [4.69, 9.17) is 0 Å². The standard InChI is InChI=1S/C13H17N3O4/c17-10-4-3-7-15(8-10)9-13(18)14-11-5-1-2-6-12(11)16(19)20/h1-2,5-6,10,17H,3-4,7-9H2,(H,14,18)/t10-/m0/s1. The van der Waals surface area contributed by atoms with Crippen molar-refractivity contribution in [1.82, 2.24) is 4.90 Å². The van der Waals surface area contributed by atoms with Gasteiger partial charge in [0.25, 0.3) is 5.69 Å². The van der Waals surface area contributed by atoms with Gasteiger partial charge >= 0.3 is 0 Å². The number of likely N-dealkylation sites (tertiary alicyclic amines) is 1. The number of nitrogens with zero attached hydrogens (tertiary/aromatic N) is 2. The summed E-state index contributed by atoms with van der Waals surface area (Å²) in [5, 5.41) is 22.9. The Bertz CT molecular complexity index is 506. The quantitative estimate of drug-likeness (QED) is 0.633. The van der Waals surface area contributed by atoms with Gasteiger partial charge in [-0.25, -0.2) is 0 Å². The maximum absolute atomic E-state index is 11.9. The summed E-state index contributed by atoms with van der Waals surface area (Å²) >= 11 is 0. The van der Waals surface area contributed by atoms with Gasteiger partial charge in [-0.3, -0.25) is 19.8 Å². The molecule has 20 heavy (non-hydrogen) atoms. The number of aliphatic hydroxyl groups excluding tert-OH is 1. The van der Waals surface area contributed by atoms with Crippen molar-refractivity contribution in [3.05, 3.63) is 34.4 Å². The fourth-order valence-corrected chi connectivity index (χ4v) is 2.31. The molecule has 1 heterocycles. The van der Waals surface area contributed by atoms with Gasteiger partial charge in [0.15, 0.2) is 0 Å². The molecule has 0 aromatic heterocycles. The van der Waals surface area contributed by atoms with Crippen molar-refractivity contribution < 1.29 is 14.8 Å². The molecule has 2 rings (SSSR count). The summed E-state index contributed by atoms with van der Waals surface area (Å²) in [4.78, 5) is 24.1. The molecule has 1 aliphatic heterocycles. The van der Waals surface area contributed by atoms with Crippen LogP contribution in [0.5, 0.6) is 0 Å². The summed E-state index contributed by atoms with van der Waals surface area (Å²) in [5.41, 5.74) is 0.0691. The summed E-state index contributed by atoms with van der Waals surface area (Å²) in [5.74, 6) is -0.312. The average molecular weight is 279 g/mol. The second kappa shape index (κ2) is 6.44. The molecular formula is C13H17N3O4. The number of anilines is 1. The van der Waals surface area contributed by atoms with Crippen LogP contribution in [0.2, 0.25) is 0 Å². The number of nitrogens with one attached hydrogen (secondary N) is 1. The minimum Gasteiger partial charge on any atom is -0.392 e. The number of aliphatic hydroxyl groups is 1. The number of carbonyl (C=O) groups excluding carboxylic acids is 1. The fraction of sp³-hybridized carbons (Fsp3) is 0.462. The highest BCUT2D eigenvalue weighted by molar-refractivity contribution is 5.94. The molecule has 2 N–H and O–H groups in total. The number of hydrogen-bond acceptors (Lipinski definition) is 5. The molecule has 1 fully saturated rings. The number of carbonyl (C=O) groups is 1. The predicted molar refractivity (Wildman–Crippen MR) is 73.4 cm³/mol. The lowest BCUT2D eigenvalue weighted by Crippen LogP contribution is -2.42. The van der Waals surface area contributed by atoms with E-state index >= 15 is 0 Å². The van der Waals surface area contributed by atoms with Crippen LogP contribution in [-0.2, 0) is 4.79 Å². The maximum atomic E-state index is 11.9. The van der Waals surface area contributed by atoms with Gasteiger partial charge in [-0.1, -0.05) is 12.1 Å². The minimum atomic E-state index is -0.528. The highest BCUT2D eigenvalue weighted by atomic mass is 16.6. The van der Waals surface area contributed by atoms with Crippen LogP contribution >= 0.6 is 0 Å². The van der Waals surface area contributed by atoms with Crippen LogP contribution in [0.25, 0.3) is 0 Å². The number of hydrogen-bond donors (Lipinski definition) is 2. The lowest BCUT2D eigenvalue weighted by molar-refractivity contribution is -0.383. The third kappa shape index (κ3) is 3.75. The molecule has 0 bridgehead atoms. The normalized spacial score (nSPS) is 19.6. The van der Waals surface area contributed by atoms with Crippen molar-refractivity contribution in [2.24, 2.45) is 0 Å². The summed E-state index contributed by atoms with van der Waals surface area (Å²) in [6.07, 6.45) is 1.20. The fourth-order valence-electron chi connectivity index (χ4n) is 2.31. The second-order valence-corrected chi connectivity index (χ2v) is 4.85. The lowest BCUT2D eigenvalue weighted by atomic mass is 10.1. The second-order valence-electron chi connectivity index (χ2n) is 4.85. The van der Waals surface area contributed by atoms with E-state index < -0.39 is 11.0 Å². The van der Waals surface area contributed by atoms with Crippen molar-refractivity contribution in [3.63, 3.8) is 0 Å². The molecule has 1 saturated heterocycles. The number of β-amino-alcohol motifs (C(OH)–C–C–N with tert-alkyl or cyclic N) is 1. The Morgan fingerprint density at radius 1 is 1.50 bits per heavy atom. The molecule has 0 aliphatic carbocycles. The molecule has 1 aliphatic rings. The molecule has 7 heteroatoms. The van der Waals surface area contributed by atoms with Crippen LogP contribution in [0.4, 0.5) is 11.4 Å². The van der Waals surface area contributed by atoms with E-state index in [9.17, 15) is 20.0 Å². The number of amides is 1. The molecule has 0 unspecified atom stereocenters. The molecule has 7 nitrogen and oxygen atoms in total. The molecular weight excluding hydrogens is 262 g/mol. The average Bonchev–Trinajstić information content (AvgIpc) is 2.38. The van der Waals surface area contributed by atoms with Gasteiger partial charge in [-0.2, -0.15) is 0 Å². The van der Waals surface area contributed by atoms with Crippen LogP contribution in [-0.4, -0.2) is 46.6 Å². The number of benzene rings is 1. The van der Waals surface area contributed by atoms with E-state index in [0.29, 0.717) is 6.54 Å². The molecule has 0 saturated carbocycles. The molecule has 108 valence electrons. The van der Waals surface area contributed by atoms with Crippen molar-refractivity contribution in [3.8, 4) is 0 Å². The summed E-state index contributed by atoms with van der Waals surface area (Å²) in [7, 11) is 0. The van der Waals surface area contributed by atoms with Crippen molar-refractivity contribution in [1.29, 1.82) is 0 Å². The molecule has 0 radical (unpaired) electrons. The highest BCUT2D eigenvalue weighted by Crippen LogP contribution is 2.23. The van der Waals surface area contributed by atoms with E-state index in [1.807, 2.05) is 4.90 Å². The topological polar surface area (TPSA) is 95.7 Å². The van der Waals surface area contributed by atoms with Gasteiger partial charge in [0, 0.05) is 12.6 Å². The lowest BCUT2D eigenvalue weighted by Gasteiger charge is -2.29. The summed E-state index contributed by atoms with van der Waals surface area (Å²) < 4.78 is 0. The Balaban J connectivity index is 1.96. The summed E-state index contributed by atoms with van der Waals surface area (Å²) in [6.45, 7) is 1.34. The van der Waals surface area contributed by atoms with Crippen LogP contribution < -0.4 is 5.32 Å². The number of nitro benzene ring substituents is 1. The van der Waals surface area contributed by atoms with E-state index in [2.05, 4.69) is 5.32 Å². The van der Waals surface area contributed by atoms with Gasteiger partial charge in [0.05, 0.1) is 17.6 Å². The Hall–Kier alpha value is -1.99. The maximum Gasteiger partial charge on any atom is 0.292 e. The van der Waals surface area contributed by atoms with E-state index in [1.54, 1.807) is 12.1 Å². The third-order valence-electron chi connectivity index (χ3n) is 3.22. The number of rotatable bonds is 4. The zero-order chi connectivity index (χ0) is 14.5. The highest BCUT2D eigenvalue weighted by Gasteiger charge is 2.21. The van der Waals surface area contributed by atoms with Gasteiger partial charge in [-0.05, 0) is 25.5 Å². The van der Waals surface area contributed by atoms with Crippen LogP contribution in [0.1, 0.15) is 12.8 Å². The van der Waals surface area contributed by atoms with Crippen molar-refractivity contribution >= 4 is 17.3 Å². The first-order valence-electron chi connectivity index (χ1n) is 6.50. The zero-order valence-electron chi connectivity index (χ0n) is 11.0. The van der Waals surface area contributed by atoms with Crippen LogP contribution in [0.3, 0.4) is 0 Å². The largest absolute Gasteiger partial charge is 0.392 e. The first kappa shape index (κ1) is 14.4. The monoisotopic (exact) mass is 279 g/mol. The van der Waals surface area contributed by atoms with E-state index in [1.165, 1.54) is 12.1 Å². The number of nitro groups is 1. The number of piperidine rings is 1. The zero-order valence-corrected chi connectivity index (χ0v) is 11.0. The minimum absolute atomic E-state index is 0.125. The summed E-state index contributed by atoms with van der Waals surface area (Å²) in [6, 6.07) is 6.03. The third-order valence-corrected chi connectivity index (χ3v) is 3.22. The molecule has 1 amide bonds. The molecule has 1 aromatic carbocycles. The van der Waals surface area contributed by atoms with Gasteiger partial charge < -0.3 is 10.4 Å². The van der Waals surface area contributed by atoms with Gasteiger partial charge in [0.2, 0.25) is 5.91 Å². The van der Waals surface area contributed by atoms with Gasteiger partial charge in [0.1, 0.15) is 5.69 Å². The Labute approximate surface area is 116 Å². The van der Waals surface area contributed by atoms with E-state index in [-0.39, 0.29) is 23.8 Å². The first-order chi connectivity index (χ1) is 9.56. The molecule has 1 aromatic rings. The molecule has 0 spiro atoms. The Morgan fingerprint density at radius 3 is 2.95 bits per heavy atom. The SMILES string of the molecule is O=C(CN1CCC[C@H](O)C1)Nc1ccccc1[N+](=O)[O-]. The van der Waals surface area contributed by atoms with Crippen LogP contribution in [0.15, 0.2) is 24.3 Å². The Morgan fingerprint density at radius 2 is 2.25 bits per heavy atom. The van der Waals surface area contributed by atoms with Gasteiger partial charge in [-0.15, -0.1) is 0 Å². The number of para-hydroxylation sites is 2. The van der Waals surface area contributed by atoms with Crippen molar-refractivity contribution in [2.75, 3.05) is 25.0 Å². The van der Waals surface area contributed by atoms with Crippen LogP contribution in [0, 0.1) is 10.1 Å². The van der Waals surface area contributed by atoms with Crippen molar-refractivity contribution in [2.45, 2.75) is 18.9 Å². The first-order valence-corrected chi connectivity index (χ1v) is 6.50. The Kier molecular flexibility index (Phi) is 4.65. The molecule has 1 atom stereocenters.